The molecule has 0 aliphatic carbocycles. The van der Waals surface area contributed by atoms with E-state index >= 15 is 0 Å². The van der Waals surface area contributed by atoms with Crippen LogP contribution in [0.3, 0.4) is 0 Å². The second kappa shape index (κ2) is 16.4. The van der Waals surface area contributed by atoms with Crippen molar-refractivity contribution in [3.63, 3.8) is 0 Å². The van der Waals surface area contributed by atoms with Crippen molar-refractivity contribution < 1.29 is 20.1 Å². The summed E-state index contributed by atoms with van der Waals surface area (Å²) >= 11 is 0. The Hall–Kier alpha value is -2.71. The first kappa shape index (κ1) is 34.3. The fourth-order valence-corrected chi connectivity index (χ4v) is 4.24. The molecule has 1 saturated heterocycles. The third kappa shape index (κ3) is 10.1. The molecular weight excluding hydrogens is 490 g/mol. The zero-order chi connectivity index (χ0) is 29.8. The lowest BCUT2D eigenvalue weighted by Crippen LogP contribution is -2.31. The highest BCUT2D eigenvalue weighted by molar-refractivity contribution is 5.80. The standard InChI is InChI=1S/C25H31N3O2.C3H8O2.2C2H6/c1-5-6-13-26-17(2)21-12-15-28(18(21)3)24-10-9-23(30-24)25(29)20-8-7-19-11-14-27(4)22(19)16-20;1-3(2,4)5;2*1-2/h7-8,11-16,23-25,29H,3,5-6,9-10H2,1-2,4H3;4-5H,1-2H3;2*1-2H3/b21-17-,26-13?;;;. The Bertz CT molecular complexity index is 1260. The highest BCUT2D eigenvalue weighted by Gasteiger charge is 2.32. The molecule has 39 heavy (non-hydrogen) atoms. The maximum atomic E-state index is 11.0. The van der Waals surface area contributed by atoms with E-state index in [0.29, 0.717) is 0 Å². The third-order valence-corrected chi connectivity index (χ3v) is 6.06. The topological polar surface area (TPSA) is 92.1 Å². The average Bonchev–Trinajstić information content (AvgIpc) is 3.64. The molecule has 3 aromatic rings. The number of unbranched alkanes of at least 4 members (excludes halogenated alkanes) is 1. The Balaban J connectivity index is 0.000000748. The van der Waals surface area contributed by atoms with Crippen LogP contribution >= 0.6 is 0 Å². The zero-order valence-electron chi connectivity index (χ0n) is 25.5. The van der Waals surface area contributed by atoms with Gasteiger partial charge in [0.05, 0.1) is 6.10 Å². The summed E-state index contributed by atoms with van der Waals surface area (Å²) in [7, 11) is 2.02. The Morgan fingerprint density at radius 2 is 1.77 bits per heavy atom. The van der Waals surface area contributed by atoms with Crippen molar-refractivity contribution in [2.45, 2.75) is 105 Å². The maximum absolute atomic E-state index is 11.0. The summed E-state index contributed by atoms with van der Waals surface area (Å²) < 4.78 is 10.4. The van der Waals surface area contributed by atoms with Gasteiger partial charge in [-0.25, -0.2) is 0 Å². The molecule has 0 radical (unpaired) electrons. The Kier molecular flexibility index (Phi) is 14.4. The van der Waals surface area contributed by atoms with Crippen LogP contribution in [0.1, 0.15) is 99.0 Å². The first-order valence-corrected chi connectivity index (χ1v) is 14.2. The number of aliphatic imine (C=N–C) groups is 1. The Morgan fingerprint density at radius 1 is 1.13 bits per heavy atom. The maximum Gasteiger partial charge on any atom is 0.156 e. The van der Waals surface area contributed by atoms with Gasteiger partial charge in [-0.3, -0.25) is 4.99 Å². The number of fused-ring (bicyclic) bond motifs is 1. The average molecular weight is 542 g/mol. The molecule has 7 heteroatoms. The SMILES string of the molecule is C=c1/c(=C(/C)N=CCCC)ccn1C1CCC(C(O)c2ccc3ccn(C)c3c2)O1.CC.CC.CC(C)(O)O. The van der Waals surface area contributed by atoms with Gasteiger partial charge in [0.15, 0.2) is 5.79 Å². The molecule has 2 aromatic heterocycles. The van der Waals surface area contributed by atoms with Crippen LogP contribution in [0, 0.1) is 0 Å². The van der Waals surface area contributed by atoms with Crippen molar-refractivity contribution in [1.82, 2.24) is 9.13 Å². The van der Waals surface area contributed by atoms with E-state index in [1.807, 2.05) is 66.3 Å². The van der Waals surface area contributed by atoms with Gasteiger partial charge >= 0.3 is 0 Å². The second-order valence-electron chi connectivity index (χ2n) is 9.66. The van der Waals surface area contributed by atoms with E-state index in [-0.39, 0.29) is 12.3 Å². The van der Waals surface area contributed by atoms with Crippen molar-refractivity contribution in [2.24, 2.45) is 12.0 Å². The van der Waals surface area contributed by atoms with E-state index in [4.69, 9.17) is 14.9 Å². The molecule has 3 heterocycles. The van der Waals surface area contributed by atoms with Gasteiger partial charge in [0.25, 0.3) is 0 Å². The molecule has 7 nitrogen and oxygen atoms in total. The molecule has 218 valence electrons. The molecule has 1 aromatic carbocycles. The largest absolute Gasteiger partial charge is 0.386 e. The predicted octanol–water partition coefficient (Wildman–Crippen LogP) is 5.56. The van der Waals surface area contributed by atoms with Gasteiger partial charge in [-0.1, -0.05) is 59.8 Å². The molecular formula is C32H51N3O4. The molecule has 3 atom stereocenters. The summed E-state index contributed by atoms with van der Waals surface area (Å²) in [5.41, 5.74) is 2.98. The minimum atomic E-state index is -1.50. The van der Waals surface area contributed by atoms with Crippen LogP contribution in [-0.2, 0) is 11.8 Å². The fraction of sp³-hybridized carbons (Fsp3) is 0.531. The van der Waals surface area contributed by atoms with E-state index < -0.39 is 11.9 Å². The van der Waals surface area contributed by atoms with Crippen LogP contribution < -0.4 is 10.6 Å². The lowest BCUT2D eigenvalue weighted by atomic mass is 10.0. The first-order chi connectivity index (χ1) is 18.5. The van der Waals surface area contributed by atoms with E-state index in [0.717, 1.165) is 53.0 Å². The molecule has 1 aliphatic heterocycles. The number of nitrogens with zero attached hydrogens (tertiary/aromatic N) is 3. The van der Waals surface area contributed by atoms with Crippen molar-refractivity contribution in [2.75, 3.05) is 0 Å². The normalized spacial score (nSPS) is 18.5. The van der Waals surface area contributed by atoms with Crippen LogP contribution in [0.25, 0.3) is 23.2 Å². The van der Waals surface area contributed by atoms with Crippen LogP contribution in [0.5, 0.6) is 0 Å². The molecule has 0 bridgehead atoms. The molecule has 3 unspecified atom stereocenters. The van der Waals surface area contributed by atoms with Crippen molar-refractivity contribution >= 4 is 29.4 Å². The summed E-state index contributed by atoms with van der Waals surface area (Å²) in [6.45, 7) is 19.0. The summed E-state index contributed by atoms with van der Waals surface area (Å²) in [6.07, 6.45) is 8.75. The van der Waals surface area contributed by atoms with E-state index in [1.54, 1.807) is 0 Å². The lowest BCUT2D eigenvalue weighted by Gasteiger charge is -2.20. The quantitative estimate of drug-likeness (QED) is 0.281. The summed E-state index contributed by atoms with van der Waals surface area (Å²) in [5, 5.41) is 30.3. The third-order valence-electron chi connectivity index (χ3n) is 6.06. The van der Waals surface area contributed by atoms with Crippen LogP contribution in [0.2, 0.25) is 0 Å². The van der Waals surface area contributed by atoms with Gasteiger partial charge in [-0.15, -0.1) is 0 Å². The summed E-state index contributed by atoms with van der Waals surface area (Å²) in [6, 6.07) is 10.3. The van der Waals surface area contributed by atoms with Crippen LogP contribution in [0.4, 0.5) is 0 Å². The Labute approximate surface area is 234 Å². The zero-order valence-corrected chi connectivity index (χ0v) is 25.5. The summed E-state index contributed by atoms with van der Waals surface area (Å²) in [4.78, 5) is 4.55. The highest BCUT2D eigenvalue weighted by atomic mass is 16.5. The van der Waals surface area contributed by atoms with Crippen LogP contribution in [-0.4, -0.2) is 42.6 Å². The van der Waals surface area contributed by atoms with Gasteiger partial charge in [-0.2, -0.15) is 0 Å². The van der Waals surface area contributed by atoms with Crippen molar-refractivity contribution in [3.8, 4) is 0 Å². The van der Waals surface area contributed by atoms with Crippen molar-refractivity contribution in [1.29, 1.82) is 0 Å². The first-order valence-electron chi connectivity index (χ1n) is 14.2. The number of aliphatic hydroxyl groups is 3. The molecule has 0 amide bonds. The van der Waals surface area contributed by atoms with Crippen molar-refractivity contribution in [3.05, 3.63) is 58.9 Å². The van der Waals surface area contributed by atoms with E-state index in [1.165, 1.54) is 19.2 Å². The van der Waals surface area contributed by atoms with E-state index in [9.17, 15) is 5.11 Å². The Morgan fingerprint density at radius 3 is 2.38 bits per heavy atom. The second-order valence-corrected chi connectivity index (χ2v) is 9.66. The molecule has 0 spiro atoms. The number of rotatable bonds is 6. The fourth-order valence-electron chi connectivity index (χ4n) is 4.24. The highest BCUT2D eigenvalue weighted by Crippen LogP contribution is 2.35. The summed E-state index contributed by atoms with van der Waals surface area (Å²) in [5.74, 6) is -1.50. The van der Waals surface area contributed by atoms with Gasteiger partial charge in [0, 0.05) is 47.4 Å². The van der Waals surface area contributed by atoms with E-state index in [2.05, 4.69) is 51.9 Å². The number of aliphatic hydroxyl groups excluding tert-OH is 1. The molecule has 1 aliphatic rings. The minimum absolute atomic E-state index is 0.114. The number of hydrogen-bond donors (Lipinski definition) is 3. The number of benzene rings is 1. The van der Waals surface area contributed by atoms with Gasteiger partial charge < -0.3 is 29.2 Å². The number of hydrogen-bond acceptors (Lipinski definition) is 5. The molecule has 1 fully saturated rings. The number of ether oxygens (including phenoxy) is 1. The molecule has 3 N–H and O–H groups in total. The van der Waals surface area contributed by atoms with Gasteiger partial charge in [0.1, 0.15) is 12.3 Å². The van der Waals surface area contributed by atoms with Gasteiger partial charge in [-0.05, 0) is 69.2 Å². The predicted molar refractivity (Wildman–Crippen MR) is 164 cm³/mol. The van der Waals surface area contributed by atoms with Crippen LogP contribution in [0.15, 0.2) is 47.7 Å². The van der Waals surface area contributed by atoms with Gasteiger partial charge in [0.2, 0.25) is 0 Å². The number of aryl methyl sites for hydroxylation is 1. The smallest absolute Gasteiger partial charge is 0.156 e. The lowest BCUT2D eigenvalue weighted by molar-refractivity contribution is -0.127. The molecule has 4 rings (SSSR count). The monoisotopic (exact) mass is 541 g/mol. The minimum Gasteiger partial charge on any atom is -0.386 e. The molecule has 0 saturated carbocycles. The number of aromatic nitrogens is 2.